The number of amides is 2. The number of benzene rings is 3. The van der Waals surface area contributed by atoms with Gasteiger partial charge in [0.05, 0.1) is 5.69 Å². The summed E-state index contributed by atoms with van der Waals surface area (Å²) in [4.78, 5) is 24.2. The molecular weight excluding hydrogens is 338 g/mol. The first-order valence-corrected chi connectivity index (χ1v) is 7.76. The van der Waals surface area contributed by atoms with E-state index in [1.54, 1.807) is 36.4 Å². The van der Waals surface area contributed by atoms with Gasteiger partial charge < -0.3 is 10.6 Å². The van der Waals surface area contributed by atoms with Gasteiger partial charge in [-0.25, -0.2) is 8.78 Å². The van der Waals surface area contributed by atoms with Crippen molar-refractivity contribution in [2.45, 2.75) is 0 Å². The van der Waals surface area contributed by atoms with Crippen molar-refractivity contribution in [2.24, 2.45) is 0 Å². The van der Waals surface area contributed by atoms with Gasteiger partial charge in [0.15, 0.2) is 0 Å². The Morgan fingerprint density at radius 3 is 1.96 bits per heavy atom. The molecule has 3 rings (SSSR count). The Kier molecular flexibility index (Phi) is 5.03. The minimum absolute atomic E-state index is 0.113. The summed E-state index contributed by atoms with van der Waals surface area (Å²) in [6, 6.07) is 17.7. The number of hydrogen-bond donors (Lipinski definition) is 2. The van der Waals surface area contributed by atoms with Crippen LogP contribution in [0, 0.1) is 11.6 Å². The highest BCUT2D eigenvalue weighted by atomic mass is 19.1. The van der Waals surface area contributed by atoms with Crippen molar-refractivity contribution >= 4 is 23.2 Å². The van der Waals surface area contributed by atoms with Gasteiger partial charge in [0.1, 0.15) is 11.6 Å². The Balaban J connectivity index is 1.67. The minimum atomic E-state index is -0.856. The van der Waals surface area contributed by atoms with Crippen LogP contribution in [0.4, 0.5) is 20.2 Å². The Bertz CT molecular complexity index is 942. The molecule has 0 saturated heterocycles. The van der Waals surface area contributed by atoms with Gasteiger partial charge in [-0.3, -0.25) is 9.59 Å². The molecule has 130 valence electrons. The molecule has 2 amide bonds. The molecule has 0 bridgehead atoms. The fourth-order valence-electron chi connectivity index (χ4n) is 2.28. The molecule has 26 heavy (non-hydrogen) atoms. The van der Waals surface area contributed by atoms with Crippen molar-refractivity contribution in [3.8, 4) is 0 Å². The zero-order valence-corrected chi connectivity index (χ0v) is 13.5. The average Bonchev–Trinajstić information content (AvgIpc) is 2.65. The van der Waals surface area contributed by atoms with Crippen molar-refractivity contribution < 1.29 is 18.4 Å². The molecule has 0 spiro atoms. The standard InChI is InChI=1S/C20H14F2N2O2/c21-15-8-11-18(17(22)12-15)24-20(26)14-6-9-16(10-7-14)23-19(25)13-4-2-1-3-5-13/h1-12H,(H,23,25)(H,24,26). The normalized spacial score (nSPS) is 10.2. The predicted molar refractivity (Wildman–Crippen MR) is 95.1 cm³/mol. The molecule has 4 nitrogen and oxygen atoms in total. The van der Waals surface area contributed by atoms with Crippen molar-refractivity contribution in [3.63, 3.8) is 0 Å². The van der Waals surface area contributed by atoms with Crippen LogP contribution in [-0.4, -0.2) is 11.8 Å². The minimum Gasteiger partial charge on any atom is -0.322 e. The van der Waals surface area contributed by atoms with E-state index in [9.17, 15) is 18.4 Å². The summed E-state index contributed by atoms with van der Waals surface area (Å²) in [5.74, 6) is -2.39. The SMILES string of the molecule is O=C(Nc1ccc(C(=O)Nc2ccc(F)cc2F)cc1)c1ccccc1. The number of carbonyl (C=O) groups excluding carboxylic acids is 2. The summed E-state index contributed by atoms with van der Waals surface area (Å²) in [5.41, 5.74) is 1.19. The van der Waals surface area contributed by atoms with Crippen LogP contribution in [0.5, 0.6) is 0 Å². The van der Waals surface area contributed by atoms with E-state index in [0.717, 1.165) is 12.1 Å². The van der Waals surface area contributed by atoms with E-state index in [1.165, 1.54) is 12.1 Å². The third-order valence-electron chi connectivity index (χ3n) is 3.62. The summed E-state index contributed by atoms with van der Waals surface area (Å²) in [7, 11) is 0. The highest BCUT2D eigenvalue weighted by molar-refractivity contribution is 6.06. The van der Waals surface area contributed by atoms with Gasteiger partial charge in [0, 0.05) is 22.9 Å². The van der Waals surface area contributed by atoms with Crippen LogP contribution in [0.1, 0.15) is 20.7 Å². The Labute approximate surface area is 148 Å². The first-order chi connectivity index (χ1) is 12.5. The first-order valence-electron chi connectivity index (χ1n) is 7.76. The second kappa shape index (κ2) is 7.57. The molecule has 0 saturated carbocycles. The van der Waals surface area contributed by atoms with E-state index >= 15 is 0 Å². The van der Waals surface area contributed by atoms with Crippen LogP contribution in [0.3, 0.4) is 0 Å². The van der Waals surface area contributed by atoms with Crippen LogP contribution in [0.15, 0.2) is 72.8 Å². The van der Waals surface area contributed by atoms with Gasteiger partial charge >= 0.3 is 0 Å². The molecule has 3 aromatic rings. The second-order valence-corrected chi connectivity index (χ2v) is 5.48. The second-order valence-electron chi connectivity index (χ2n) is 5.48. The van der Waals surface area contributed by atoms with E-state index in [4.69, 9.17) is 0 Å². The fraction of sp³-hybridized carbons (Fsp3) is 0. The number of anilines is 2. The maximum atomic E-state index is 13.6. The lowest BCUT2D eigenvalue weighted by Crippen LogP contribution is -2.14. The van der Waals surface area contributed by atoms with Gasteiger partial charge in [-0.2, -0.15) is 0 Å². The molecule has 0 heterocycles. The van der Waals surface area contributed by atoms with E-state index in [2.05, 4.69) is 10.6 Å². The first kappa shape index (κ1) is 17.3. The summed E-state index contributed by atoms with van der Waals surface area (Å²) in [5, 5.41) is 5.09. The van der Waals surface area contributed by atoms with Crippen LogP contribution in [-0.2, 0) is 0 Å². The van der Waals surface area contributed by atoms with Crippen LogP contribution in [0.2, 0.25) is 0 Å². The van der Waals surface area contributed by atoms with Crippen LogP contribution < -0.4 is 10.6 Å². The molecule has 3 aromatic carbocycles. The van der Waals surface area contributed by atoms with Crippen molar-refractivity contribution in [3.05, 3.63) is 95.6 Å². The average molecular weight is 352 g/mol. The van der Waals surface area contributed by atoms with Gasteiger partial charge in [-0.1, -0.05) is 18.2 Å². The largest absolute Gasteiger partial charge is 0.322 e. The van der Waals surface area contributed by atoms with Crippen molar-refractivity contribution in [2.75, 3.05) is 10.6 Å². The molecule has 0 aromatic heterocycles. The zero-order chi connectivity index (χ0) is 18.5. The predicted octanol–water partition coefficient (Wildman–Crippen LogP) is 4.47. The number of nitrogens with one attached hydrogen (secondary N) is 2. The van der Waals surface area contributed by atoms with Crippen LogP contribution >= 0.6 is 0 Å². The quantitative estimate of drug-likeness (QED) is 0.728. The van der Waals surface area contributed by atoms with E-state index in [1.807, 2.05) is 6.07 Å². The third-order valence-corrected chi connectivity index (χ3v) is 3.62. The summed E-state index contributed by atoms with van der Waals surface area (Å²) >= 11 is 0. The van der Waals surface area contributed by atoms with Crippen molar-refractivity contribution in [1.29, 1.82) is 0 Å². The Morgan fingerprint density at radius 2 is 1.31 bits per heavy atom. The molecule has 2 N–H and O–H groups in total. The molecule has 0 radical (unpaired) electrons. The van der Waals surface area contributed by atoms with Gasteiger partial charge in [-0.05, 0) is 48.5 Å². The molecule has 0 atom stereocenters. The van der Waals surface area contributed by atoms with Gasteiger partial charge in [0.2, 0.25) is 0 Å². The fourth-order valence-corrected chi connectivity index (χ4v) is 2.28. The maximum Gasteiger partial charge on any atom is 0.255 e. The molecule has 0 fully saturated rings. The highest BCUT2D eigenvalue weighted by Crippen LogP contribution is 2.17. The molecular formula is C20H14F2N2O2. The highest BCUT2D eigenvalue weighted by Gasteiger charge is 2.11. The number of hydrogen-bond acceptors (Lipinski definition) is 2. The third kappa shape index (κ3) is 4.10. The molecule has 0 aliphatic carbocycles. The summed E-state index contributed by atoms with van der Waals surface area (Å²) in [6.07, 6.45) is 0. The Morgan fingerprint density at radius 1 is 0.692 bits per heavy atom. The Hall–Kier alpha value is -3.54. The summed E-state index contributed by atoms with van der Waals surface area (Å²) in [6.45, 7) is 0. The van der Waals surface area contributed by atoms with E-state index < -0.39 is 17.5 Å². The molecule has 6 heteroatoms. The zero-order valence-electron chi connectivity index (χ0n) is 13.5. The molecule has 0 unspecified atom stereocenters. The lowest BCUT2D eigenvalue weighted by Gasteiger charge is -2.08. The molecule has 0 aliphatic heterocycles. The molecule has 0 aliphatic rings. The van der Waals surface area contributed by atoms with E-state index in [0.29, 0.717) is 17.3 Å². The maximum absolute atomic E-state index is 13.6. The van der Waals surface area contributed by atoms with Crippen molar-refractivity contribution in [1.82, 2.24) is 0 Å². The van der Waals surface area contributed by atoms with Gasteiger partial charge in [0.25, 0.3) is 11.8 Å². The monoisotopic (exact) mass is 352 g/mol. The topological polar surface area (TPSA) is 58.2 Å². The van der Waals surface area contributed by atoms with Crippen LogP contribution in [0.25, 0.3) is 0 Å². The smallest absolute Gasteiger partial charge is 0.255 e. The lowest BCUT2D eigenvalue weighted by molar-refractivity contribution is 0.101. The number of carbonyl (C=O) groups is 2. The number of halogens is 2. The lowest BCUT2D eigenvalue weighted by atomic mass is 10.1. The summed E-state index contributed by atoms with van der Waals surface area (Å²) < 4.78 is 26.5. The van der Waals surface area contributed by atoms with E-state index in [-0.39, 0.29) is 17.2 Å². The number of rotatable bonds is 4. The van der Waals surface area contributed by atoms with Gasteiger partial charge in [-0.15, -0.1) is 0 Å².